The van der Waals surface area contributed by atoms with Crippen LogP contribution in [0.3, 0.4) is 0 Å². The van der Waals surface area contributed by atoms with Gasteiger partial charge in [0.2, 0.25) is 0 Å². The van der Waals surface area contributed by atoms with E-state index in [1.807, 2.05) is 0 Å². The lowest BCUT2D eigenvalue weighted by molar-refractivity contribution is 0.298. The number of benzene rings is 1. The summed E-state index contributed by atoms with van der Waals surface area (Å²) in [5.41, 5.74) is 8.00. The van der Waals surface area contributed by atoms with E-state index in [1.54, 1.807) is 6.07 Å². The molecule has 0 aliphatic heterocycles. The molecule has 0 atom stereocenters. The third kappa shape index (κ3) is 3.65. The molecule has 1 aromatic carbocycles. The van der Waals surface area contributed by atoms with E-state index in [4.69, 9.17) is 21.9 Å². The van der Waals surface area contributed by atoms with Crippen LogP contribution >= 0.6 is 11.6 Å². The molecular formula is C9H9ClFN3O. The second-order valence-corrected chi connectivity index (χ2v) is 3.12. The third-order valence-electron chi connectivity index (χ3n) is 1.64. The molecule has 15 heavy (non-hydrogen) atoms. The van der Waals surface area contributed by atoms with Crippen molar-refractivity contribution in [1.82, 2.24) is 0 Å². The molecule has 0 aliphatic carbocycles. The monoisotopic (exact) mass is 229 g/mol. The zero-order valence-corrected chi connectivity index (χ0v) is 8.62. The van der Waals surface area contributed by atoms with Gasteiger partial charge in [0.15, 0.2) is 11.6 Å². The van der Waals surface area contributed by atoms with Crippen LogP contribution in [-0.4, -0.2) is 13.2 Å². The predicted octanol–water partition coefficient (Wildman–Crippen LogP) is 3.56. The van der Waals surface area contributed by atoms with Crippen LogP contribution in [0, 0.1) is 5.82 Å². The molecule has 0 N–H and O–H groups in total. The summed E-state index contributed by atoms with van der Waals surface area (Å²) in [6.07, 6.45) is 0.538. The highest BCUT2D eigenvalue weighted by Crippen LogP contribution is 2.23. The zero-order chi connectivity index (χ0) is 11.1. The molecule has 4 nitrogen and oxygen atoms in total. The van der Waals surface area contributed by atoms with Crippen LogP contribution in [0.2, 0.25) is 5.02 Å². The van der Waals surface area contributed by atoms with Gasteiger partial charge in [-0.15, -0.1) is 0 Å². The molecule has 80 valence electrons. The minimum absolute atomic E-state index is 0.0301. The maximum atomic E-state index is 13.2. The molecule has 0 heterocycles. The molecule has 0 spiro atoms. The van der Waals surface area contributed by atoms with E-state index in [9.17, 15) is 4.39 Å². The van der Waals surface area contributed by atoms with Gasteiger partial charge in [-0.25, -0.2) is 4.39 Å². The van der Waals surface area contributed by atoms with Gasteiger partial charge >= 0.3 is 0 Å². The molecule has 0 amide bonds. The van der Waals surface area contributed by atoms with Crippen LogP contribution < -0.4 is 4.74 Å². The Morgan fingerprint density at radius 1 is 1.53 bits per heavy atom. The average molecular weight is 230 g/mol. The fourth-order valence-corrected chi connectivity index (χ4v) is 1.12. The maximum absolute atomic E-state index is 13.2. The molecule has 0 saturated heterocycles. The van der Waals surface area contributed by atoms with Crippen molar-refractivity contribution in [2.24, 2.45) is 5.11 Å². The SMILES string of the molecule is [N-]=[N+]=NCCCOc1cccc(Cl)c1F. The Hall–Kier alpha value is -1.45. The van der Waals surface area contributed by atoms with Gasteiger partial charge in [0.25, 0.3) is 0 Å². The second-order valence-electron chi connectivity index (χ2n) is 2.71. The summed E-state index contributed by atoms with van der Waals surface area (Å²) in [6, 6.07) is 4.55. The van der Waals surface area contributed by atoms with Crippen LogP contribution in [0.25, 0.3) is 10.4 Å². The standard InChI is InChI=1S/C9H9ClFN3O/c10-7-3-1-4-8(9(7)11)15-6-2-5-13-14-12/h1,3-4H,2,5-6H2. The summed E-state index contributed by atoms with van der Waals surface area (Å²) in [5, 5.41) is 3.35. The highest BCUT2D eigenvalue weighted by atomic mass is 35.5. The average Bonchev–Trinajstić information content (AvgIpc) is 2.24. The maximum Gasteiger partial charge on any atom is 0.183 e. The van der Waals surface area contributed by atoms with E-state index in [2.05, 4.69) is 10.0 Å². The summed E-state index contributed by atoms with van der Waals surface area (Å²) in [6.45, 7) is 0.620. The van der Waals surface area contributed by atoms with E-state index in [0.29, 0.717) is 13.0 Å². The van der Waals surface area contributed by atoms with Crippen molar-refractivity contribution in [2.75, 3.05) is 13.2 Å². The van der Waals surface area contributed by atoms with Gasteiger partial charge in [-0.05, 0) is 24.1 Å². The van der Waals surface area contributed by atoms with Crippen molar-refractivity contribution < 1.29 is 9.13 Å². The first kappa shape index (κ1) is 11.6. The quantitative estimate of drug-likeness (QED) is 0.330. The first-order valence-electron chi connectivity index (χ1n) is 4.33. The van der Waals surface area contributed by atoms with Crippen LogP contribution in [0.5, 0.6) is 5.75 Å². The summed E-state index contributed by atoms with van der Waals surface area (Å²) in [5.74, 6) is -0.452. The molecule has 0 unspecified atom stereocenters. The Balaban J connectivity index is 2.44. The van der Waals surface area contributed by atoms with Crippen molar-refractivity contribution >= 4 is 11.6 Å². The summed E-state index contributed by atoms with van der Waals surface area (Å²) in [7, 11) is 0. The van der Waals surface area contributed by atoms with Crippen LogP contribution in [0.1, 0.15) is 6.42 Å². The lowest BCUT2D eigenvalue weighted by atomic mass is 10.3. The number of halogens is 2. The minimum Gasteiger partial charge on any atom is -0.490 e. The highest BCUT2D eigenvalue weighted by Gasteiger charge is 2.06. The fourth-order valence-electron chi connectivity index (χ4n) is 0.958. The third-order valence-corrected chi connectivity index (χ3v) is 1.93. The van der Waals surface area contributed by atoms with Gasteiger partial charge in [-0.2, -0.15) is 0 Å². The molecule has 0 saturated carbocycles. The van der Waals surface area contributed by atoms with Crippen molar-refractivity contribution in [2.45, 2.75) is 6.42 Å². The van der Waals surface area contributed by atoms with E-state index >= 15 is 0 Å². The topological polar surface area (TPSA) is 58.0 Å². The largest absolute Gasteiger partial charge is 0.490 e. The number of ether oxygens (including phenoxy) is 1. The Morgan fingerprint density at radius 2 is 2.33 bits per heavy atom. The normalized spacial score (nSPS) is 9.47. The van der Waals surface area contributed by atoms with Gasteiger partial charge < -0.3 is 4.74 Å². The summed E-state index contributed by atoms with van der Waals surface area (Å²) in [4.78, 5) is 2.59. The Labute approximate surface area is 91.2 Å². The Bertz CT molecular complexity index is 380. The van der Waals surface area contributed by atoms with Gasteiger partial charge in [-0.3, -0.25) is 0 Å². The van der Waals surface area contributed by atoms with Crippen LogP contribution in [0.4, 0.5) is 4.39 Å². The molecule has 0 radical (unpaired) electrons. The number of hydrogen-bond acceptors (Lipinski definition) is 2. The Kier molecular flexibility index (Phi) is 4.74. The van der Waals surface area contributed by atoms with E-state index < -0.39 is 5.82 Å². The first-order chi connectivity index (χ1) is 7.25. The van der Waals surface area contributed by atoms with E-state index in [0.717, 1.165) is 0 Å². The van der Waals surface area contributed by atoms with Gasteiger partial charge in [0.1, 0.15) is 0 Å². The molecule has 6 heteroatoms. The molecular weight excluding hydrogens is 221 g/mol. The van der Waals surface area contributed by atoms with Gasteiger partial charge in [0, 0.05) is 11.5 Å². The predicted molar refractivity (Wildman–Crippen MR) is 55.5 cm³/mol. The number of nitrogens with zero attached hydrogens (tertiary/aromatic N) is 3. The number of hydrogen-bond donors (Lipinski definition) is 0. The molecule has 1 aromatic rings. The molecule has 0 aromatic heterocycles. The van der Waals surface area contributed by atoms with Gasteiger partial charge in [0.05, 0.1) is 11.6 Å². The molecule has 0 aliphatic rings. The molecule has 0 bridgehead atoms. The van der Waals surface area contributed by atoms with Crippen LogP contribution in [-0.2, 0) is 0 Å². The van der Waals surface area contributed by atoms with E-state index in [-0.39, 0.29) is 17.4 Å². The lowest BCUT2D eigenvalue weighted by Gasteiger charge is -2.06. The van der Waals surface area contributed by atoms with Crippen molar-refractivity contribution in [1.29, 1.82) is 0 Å². The second kappa shape index (κ2) is 6.11. The van der Waals surface area contributed by atoms with Crippen molar-refractivity contribution in [3.63, 3.8) is 0 Å². The summed E-state index contributed by atoms with van der Waals surface area (Å²) < 4.78 is 18.4. The van der Waals surface area contributed by atoms with Crippen molar-refractivity contribution in [3.05, 3.63) is 39.5 Å². The zero-order valence-electron chi connectivity index (χ0n) is 7.86. The lowest BCUT2D eigenvalue weighted by Crippen LogP contribution is -2.00. The summed E-state index contributed by atoms with van der Waals surface area (Å²) >= 11 is 5.55. The fraction of sp³-hybridized carbons (Fsp3) is 0.333. The smallest absolute Gasteiger partial charge is 0.183 e. The van der Waals surface area contributed by atoms with E-state index in [1.165, 1.54) is 12.1 Å². The van der Waals surface area contributed by atoms with Crippen LogP contribution in [0.15, 0.2) is 23.3 Å². The van der Waals surface area contributed by atoms with Crippen molar-refractivity contribution in [3.8, 4) is 5.75 Å². The molecule has 0 fully saturated rings. The Morgan fingerprint density at radius 3 is 3.07 bits per heavy atom. The minimum atomic E-state index is -0.567. The number of rotatable bonds is 5. The highest BCUT2D eigenvalue weighted by molar-refractivity contribution is 6.30. The number of azide groups is 1. The first-order valence-corrected chi connectivity index (χ1v) is 4.71. The molecule has 1 rings (SSSR count). The van der Waals surface area contributed by atoms with Gasteiger partial charge in [-0.1, -0.05) is 22.8 Å².